The molecule has 3 aromatic heterocycles. The first kappa shape index (κ1) is 20.1. The standard InChI is InChI=1S/C24H30N6O/c1-16(15-29-11-5-6-12-29)14-26-24(31)19-13-20(18-8-9-18)27-23-22(19)17(2)28-30(23)21-7-3-4-10-25-21/h3-4,7,10,13,16,18H,5-6,8-9,11-12,14-15H2,1-2H3,(H,26,31). The van der Waals surface area contributed by atoms with Gasteiger partial charge in [0, 0.05) is 30.9 Å². The lowest BCUT2D eigenvalue weighted by Gasteiger charge is -2.20. The fourth-order valence-corrected chi connectivity index (χ4v) is 4.55. The van der Waals surface area contributed by atoms with E-state index >= 15 is 0 Å². The molecule has 7 heteroatoms. The van der Waals surface area contributed by atoms with E-state index in [0.717, 1.165) is 41.8 Å². The van der Waals surface area contributed by atoms with E-state index in [1.165, 1.54) is 25.9 Å². The summed E-state index contributed by atoms with van der Waals surface area (Å²) in [5.74, 6) is 1.54. The van der Waals surface area contributed by atoms with E-state index in [-0.39, 0.29) is 5.91 Å². The molecule has 4 heterocycles. The second-order valence-electron chi connectivity index (χ2n) is 9.08. The third-order valence-electron chi connectivity index (χ3n) is 6.32. The van der Waals surface area contributed by atoms with Crippen LogP contribution >= 0.6 is 0 Å². The summed E-state index contributed by atoms with van der Waals surface area (Å²) < 4.78 is 1.77. The van der Waals surface area contributed by atoms with Gasteiger partial charge in [0.1, 0.15) is 0 Å². The van der Waals surface area contributed by atoms with Gasteiger partial charge in [-0.15, -0.1) is 0 Å². The summed E-state index contributed by atoms with van der Waals surface area (Å²) in [6, 6.07) is 7.72. The van der Waals surface area contributed by atoms with Crippen LogP contribution in [0.2, 0.25) is 0 Å². The van der Waals surface area contributed by atoms with Gasteiger partial charge in [-0.25, -0.2) is 9.97 Å². The van der Waals surface area contributed by atoms with Crippen molar-refractivity contribution in [1.29, 1.82) is 0 Å². The van der Waals surface area contributed by atoms with Crippen molar-refractivity contribution in [1.82, 2.24) is 30.0 Å². The number of hydrogen-bond acceptors (Lipinski definition) is 5. The zero-order valence-corrected chi connectivity index (χ0v) is 18.3. The SMILES string of the molecule is Cc1nn(-c2ccccn2)c2nc(C3CC3)cc(C(=O)NCC(C)CN3CCCC3)c12. The number of likely N-dealkylation sites (tertiary alicyclic amines) is 1. The van der Waals surface area contributed by atoms with Gasteiger partial charge in [-0.3, -0.25) is 4.79 Å². The van der Waals surface area contributed by atoms with Crippen molar-refractivity contribution >= 4 is 16.9 Å². The number of hydrogen-bond donors (Lipinski definition) is 1. The zero-order chi connectivity index (χ0) is 21.4. The molecule has 31 heavy (non-hydrogen) atoms. The van der Waals surface area contributed by atoms with E-state index in [1.54, 1.807) is 10.9 Å². The molecular weight excluding hydrogens is 388 g/mol. The van der Waals surface area contributed by atoms with Gasteiger partial charge < -0.3 is 10.2 Å². The van der Waals surface area contributed by atoms with Crippen LogP contribution in [0, 0.1) is 12.8 Å². The van der Waals surface area contributed by atoms with Crippen molar-refractivity contribution in [2.45, 2.75) is 45.4 Å². The fourth-order valence-electron chi connectivity index (χ4n) is 4.55. The van der Waals surface area contributed by atoms with E-state index in [9.17, 15) is 4.79 Å². The number of fused-ring (bicyclic) bond motifs is 1. The highest BCUT2D eigenvalue weighted by Gasteiger charge is 2.29. The molecule has 1 aliphatic carbocycles. The number of nitrogens with zero attached hydrogens (tertiary/aromatic N) is 5. The number of amides is 1. The summed E-state index contributed by atoms with van der Waals surface area (Å²) in [7, 11) is 0. The molecule has 1 aliphatic heterocycles. The Bertz CT molecular complexity index is 1080. The van der Waals surface area contributed by atoms with Gasteiger partial charge in [0.2, 0.25) is 0 Å². The maximum absolute atomic E-state index is 13.3. The lowest BCUT2D eigenvalue weighted by molar-refractivity contribution is 0.0946. The monoisotopic (exact) mass is 418 g/mol. The Morgan fingerprint density at radius 3 is 2.77 bits per heavy atom. The van der Waals surface area contributed by atoms with E-state index < -0.39 is 0 Å². The minimum atomic E-state index is -0.0359. The van der Waals surface area contributed by atoms with Gasteiger partial charge >= 0.3 is 0 Å². The summed E-state index contributed by atoms with van der Waals surface area (Å²) in [5, 5.41) is 8.69. The van der Waals surface area contributed by atoms with Crippen LogP contribution in [0.3, 0.4) is 0 Å². The number of rotatable bonds is 7. The average molecular weight is 419 g/mol. The molecule has 1 N–H and O–H groups in total. The Kier molecular flexibility index (Phi) is 5.44. The molecule has 2 aliphatic rings. The number of nitrogens with one attached hydrogen (secondary N) is 1. The van der Waals surface area contributed by atoms with Crippen LogP contribution in [0.5, 0.6) is 0 Å². The second kappa shape index (κ2) is 8.38. The van der Waals surface area contributed by atoms with Crippen molar-refractivity contribution in [2.75, 3.05) is 26.2 Å². The summed E-state index contributed by atoms with van der Waals surface area (Å²) in [6.45, 7) is 8.22. The molecule has 0 radical (unpaired) electrons. The topological polar surface area (TPSA) is 75.9 Å². The van der Waals surface area contributed by atoms with Crippen LogP contribution in [-0.2, 0) is 0 Å². The molecule has 0 spiro atoms. The molecule has 5 rings (SSSR count). The Labute approximate surface area is 182 Å². The molecular formula is C24H30N6O. The van der Waals surface area contributed by atoms with Crippen molar-refractivity contribution in [3.8, 4) is 5.82 Å². The first-order valence-corrected chi connectivity index (χ1v) is 11.4. The smallest absolute Gasteiger partial charge is 0.252 e. The van der Waals surface area contributed by atoms with Crippen LogP contribution in [0.4, 0.5) is 0 Å². The molecule has 0 aromatic carbocycles. The van der Waals surface area contributed by atoms with Gasteiger partial charge in [-0.1, -0.05) is 13.0 Å². The summed E-state index contributed by atoms with van der Waals surface area (Å²) in [4.78, 5) is 25.1. The van der Waals surface area contributed by atoms with Gasteiger partial charge in [0.05, 0.1) is 16.6 Å². The number of aromatic nitrogens is 4. The Morgan fingerprint density at radius 2 is 2.06 bits per heavy atom. The summed E-state index contributed by atoms with van der Waals surface area (Å²) in [5.41, 5.74) is 3.18. The highest BCUT2D eigenvalue weighted by atomic mass is 16.1. The van der Waals surface area contributed by atoms with Crippen LogP contribution in [-0.4, -0.2) is 56.7 Å². The van der Waals surface area contributed by atoms with E-state index in [0.29, 0.717) is 29.8 Å². The predicted octanol–water partition coefficient (Wildman–Crippen LogP) is 3.46. The van der Waals surface area contributed by atoms with Crippen molar-refractivity contribution in [3.63, 3.8) is 0 Å². The summed E-state index contributed by atoms with van der Waals surface area (Å²) in [6.07, 6.45) is 6.58. The first-order valence-electron chi connectivity index (χ1n) is 11.4. The fraction of sp³-hybridized carbons (Fsp3) is 0.500. The third-order valence-corrected chi connectivity index (χ3v) is 6.32. The lowest BCUT2D eigenvalue weighted by Crippen LogP contribution is -2.34. The quantitative estimate of drug-likeness (QED) is 0.636. The van der Waals surface area contributed by atoms with Gasteiger partial charge in [-0.05, 0) is 69.8 Å². The second-order valence-corrected chi connectivity index (χ2v) is 9.08. The van der Waals surface area contributed by atoms with Gasteiger partial charge in [0.15, 0.2) is 11.5 Å². The molecule has 1 saturated heterocycles. The number of carbonyl (C=O) groups is 1. The largest absolute Gasteiger partial charge is 0.352 e. The normalized spacial score (nSPS) is 17.9. The Hall–Kier alpha value is -2.80. The number of aryl methyl sites for hydroxylation is 1. The molecule has 2 fully saturated rings. The van der Waals surface area contributed by atoms with Crippen LogP contribution in [0.15, 0.2) is 30.5 Å². The van der Waals surface area contributed by atoms with Crippen LogP contribution < -0.4 is 5.32 Å². The maximum Gasteiger partial charge on any atom is 0.252 e. The lowest BCUT2D eigenvalue weighted by atomic mass is 10.1. The highest BCUT2D eigenvalue weighted by Crippen LogP contribution is 2.40. The number of pyridine rings is 2. The molecule has 1 atom stereocenters. The molecule has 0 bridgehead atoms. The van der Waals surface area contributed by atoms with Gasteiger partial charge in [-0.2, -0.15) is 9.78 Å². The van der Waals surface area contributed by atoms with E-state index in [4.69, 9.17) is 10.1 Å². The van der Waals surface area contributed by atoms with Crippen LogP contribution in [0.25, 0.3) is 16.9 Å². The minimum Gasteiger partial charge on any atom is -0.352 e. The first-order chi connectivity index (χ1) is 15.1. The van der Waals surface area contributed by atoms with Crippen LogP contribution in [0.1, 0.15) is 60.3 Å². The molecule has 1 amide bonds. The van der Waals surface area contributed by atoms with Crippen molar-refractivity contribution in [3.05, 3.63) is 47.4 Å². The predicted molar refractivity (Wildman–Crippen MR) is 121 cm³/mol. The average Bonchev–Trinajstić information content (AvgIpc) is 3.42. The molecule has 1 unspecified atom stereocenters. The highest BCUT2D eigenvalue weighted by molar-refractivity contribution is 6.06. The van der Waals surface area contributed by atoms with E-state index in [1.807, 2.05) is 31.2 Å². The summed E-state index contributed by atoms with van der Waals surface area (Å²) >= 11 is 0. The zero-order valence-electron chi connectivity index (χ0n) is 18.3. The number of carbonyl (C=O) groups excluding carboxylic acids is 1. The molecule has 162 valence electrons. The maximum atomic E-state index is 13.3. The van der Waals surface area contributed by atoms with Crippen molar-refractivity contribution < 1.29 is 4.79 Å². The molecule has 1 saturated carbocycles. The third kappa shape index (κ3) is 4.19. The van der Waals surface area contributed by atoms with Crippen molar-refractivity contribution in [2.24, 2.45) is 5.92 Å². The van der Waals surface area contributed by atoms with Gasteiger partial charge in [0.25, 0.3) is 5.91 Å². The molecule has 7 nitrogen and oxygen atoms in total. The minimum absolute atomic E-state index is 0.0359. The molecule has 3 aromatic rings. The Morgan fingerprint density at radius 1 is 1.26 bits per heavy atom. The Balaban J connectivity index is 1.44. The van der Waals surface area contributed by atoms with E-state index in [2.05, 4.69) is 22.1 Å².